The molecule has 0 saturated carbocycles. The first-order valence-electron chi connectivity index (χ1n) is 9.04. The predicted octanol–water partition coefficient (Wildman–Crippen LogP) is 3.64. The standard InChI is InChI=1S/C22H15N3O5/c26-20(23-16-7-4-8-17(12-16)25(29)30)15-6-3-5-14(11-15)13-24-21(27)18-9-1-2-10-19(18)22(24)28/h1-12H,13H2,(H,23,26). The number of non-ortho nitro benzene ring substituents is 1. The molecule has 1 aliphatic rings. The van der Waals surface area contributed by atoms with Crippen molar-refractivity contribution in [1.29, 1.82) is 0 Å². The largest absolute Gasteiger partial charge is 0.322 e. The van der Waals surface area contributed by atoms with Crippen molar-refractivity contribution in [2.24, 2.45) is 0 Å². The van der Waals surface area contributed by atoms with Crippen LogP contribution in [0.4, 0.5) is 11.4 Å². The highest BCUT2D eigenvalue weighted by atomic mass is 16.6. The summed E-state index contributed by atoms with van der Waals surface area (Å²) >= 11 is 0. The molecule has 3 amide bonds. The summed E-state index contributed by atoms with van der Waals surface area (Å²) in [5.41, 5.74) is 1.79. The van der Waals surface area contributed by atoms with E-state index < -0.39 is 10.8 Å². The van der Waals surface area contributed by atoms with Gasteiger partial charge in [0.05, 0.1) is 22.6 Å². The molecule has 0 bridgehead atoms. The van der Waals surface area contributed by atoms with E-state index in [-0.39, 0.29) is 24.0 Å². The molecule has 4 rings (SSSR count). The molecule has 8 nitrogen and oxygen atoms in total. The number of amides is 3. The van der Waals surface area contributed by atoms with Gasteiger partial charge in [-0.3, -0.25) is 29.4 Å². The summed E-state index contributed by atoms with van der Waals surface area (Å²) < 4.78 is 0. The van der Waals surface area contributed by atoms with E-state index in [1.807, 2.05) is 0 Å². The predicted molar refractivity (Wildman–Crippen MR) is 108 cm³/mol. The number of nitrogens with one attached hydrogen (secondary N) is 1. The van der Waals surface area contributed by atoms with Crippen molar-refractivity contribution in [3.63, 3.8) is 0 Å². The van der Waals surface area contributed by atoms with Gasteiger partial charge in [-0.1, -0.05) is 30.3 Å². The second kappa shape index (κ2) is 7.59. The van der Waals surface area contributed by atoms with E-state index in [2.05, 4.69) is 5.32 Å². The SMILES string of the molecule is O=C(Nc1cccc([N+](=O)[O-])c1)c1cccc(CN2C(=O)c3ccccc3C2=O)c1. The fourth-order valence-electron chi connectivity index (χ4n) is 3.28. The number of benzene rings is 3. The number of rotatable bonds is 5. The van der Waals surface area contributed by atoms with Gasteiger partial charge in [-0.2, -0.15) is 0 Å². The average Bonchev–Trinajstić information content (AvgIpc) is 2.99. The van der Waals surface area contributed by atoms with Crippen LogP contribution >= 0.6 is 0 Å². The number of hydrogen-bond donors (Lipinski definition) is 1. The van der Waals surface area contributed by atoms with Gasteiger partial charge in [0, 0.05) is 23.4 Å². The van der Waals surface area contributed by atoms with Gasteiger partial charge in [0.15, 0.2) is 0 Å². The van der Waals surface area contributed by atoms with Gasteiger partial charge in [-0.15, -0.1) is 0 Å². The lowest BCUT2D eigenvalue weighted by Gasteiger charge is -2.14. The third-order valence-electron chi connectivity index (χ3n) is 4.72. The number of anilines is 1. The lowest BCUT2D eigenvalue weighted by Crippen LogP contribution is -2.29. The van der Waals surface area contributed by atoms with Crippen molar-refractivity contribution in [2.45, 2.75) is 6.54 Å². The Hall–Kier alpha value is -4.33. The van der Waals surface area contributed by atoms with Crippen molar-refractivity contribution < 1.29 is 19.3 Å². The zero-order valence-corrected chi connectivity index (χ0v) is 15.6. The summed E-state index contributed by atoms with van der Waals surface area (Å²) in [5, 5.41) is 13.5. The molecular weight excluding hydrogens is 386 g/mol. The first kappa shape index (κ1) is 19.0. The number of carbonyl (C=O) groups excluding carboxylic acids is 3. The van der Waals surface area contributed by atoms with Gasteiger partial charge >= 0.3 is 0 Å². The van der Waals surface area contributed by atoms with E-state index in [1.165, 1.54) is 18.2 Å². The van der Waals surface area contributed by atoms with Gasteiger partial charge < -0.3 is 5.32 Å². The normalized spacial score (nSPS) is 12.6. The van der Waals surface area contributed by atoms with Gasteiger partial charge in [-0.25, -0.2) is 0 Å². The van der Waals surface area contributed by atoms with Crippen LogP contribution in [0.2, 0.25) is 0 Å². The molecule has 0 fully saturated rings. The second-order valence-corrected chi connectivity index (χ2v) is 6.70. The van der Waals surface area contributed by atoms with Gasteiger partial charge in [-0.05, 0) is 35.9 Å². The Morgan fingerprint density at radius 3 is 2.23 bits per heavy atom. The van der Waals surface area contributed by atoms with E-state index in [0.29, 0.717) is 27.9 Å². The van der Waals surface area contributed by atoms with Gasteiger partial charge in [0.1, 0.15) is 0 Å². The first-order chi connectivity index (χ1) is 14.4. The van der Waals surface area contributed by atoms with E-state index in [9.17, 15) is 24.5 Å². The molecule has 30 heavy (non-hydrogen) atoms. The third-order valence-corrected chi connectivity index (χ3v) is 4.72. The number of nitrogens with zero attached hydrogens (tertiary/aromatic N) is 2. The molecule has 148 valence electrons. The fraction of sp³-hybridized carbons (Fsp3) is 0.0455. The molecular formula is C22H15N3O5. The maximum Gasteiger partial charge on any atom is 0.271 e. The summed E-state index contributed by atoms with van der Waals surface area (Å²) in [6.45, 7) is 0.0320. The molecule has 0 spiro atoms. The summed E-state index contributed by atoms with van der Waals surface area (Å²) in [6, 6.07) is 18.8. The number of carbonyl (C=O) groups is 3. The fourth-order valence-corrected chi connectivity index (χ4v) is 3.28. The molecule has 0 unspecified atom stereocenters. The van der Waals surface area contributed by atoms with E-state index in [4.69, 9.17) is 0 Å². The molecule has 1 heterocycles. The average molecular weight is 401 g/mol. The van der Waals surface area contributed by atoms with Gasteiger partial charge in [0.25, 0.3) is 23.4 Å². The van der Waals surface area contributed by atoms with E-state index >= 15 is 0 Å². The Balaban J connectivity index is 1.51. The molecule has 0 saturated heterocycles. The van der Waals surface area contributed by atoms with Crippen LogP contribution in [0, 0.1) is 10.1 Å². The number of nitro benzene ring substituents is 1. The summed E-state index contributed by atoms with van der Waals surface area (Å²) in [5.74, 6) is -1.20. The highest BCUT2D eigenvalue weighted by Crippen LogP contribution is 2.24. The van der Waals surface area contributed by atoms with Crippen LogP contribution in [-0.2, 0) is 6.54 Å². The molecule has 1 aliphatic heterocycles. The smallest absolute Gasteiger partial charge is 0.271 e. The minimum atomic E-state index is -0.543. The molecule has 0 atom stereocenters. The zero-order valence-electron chi connectivity index (χ0n) is 15.6. The molecule has 0 aliphatic carbocycles. The van der Waals surface area contributed by atoms with Crippen LogP contribution in [-0.4, -0.2) is 27.5 Å². The minimum Gasteiger partial charge on any atom is -0.322 e. The van der Waals surface area contributed by atoms with Crippen LogP contribution in [0.1, 0.15) is 36.6 Å². The molecule has 3 aromatic rings. The van der Waals surface area contributed by atoms with Crippen LogP contribution < -0.4 is 5.32 Å². The zero-order chi connectivity index (χ0) is 21.3. The van der Waals surface area contributed by atoms with Crippen molar-refractivity contribution in [3.05, 3.63) is 105 Å². The van der Waals surface area contributed by atoms with Crippen LogP contribution in [0.25, 0.3) is 0 Å². The number of fused-ring (bicyclic) bond motifs is 1. The quantitative estimate of drug-likeness (QED) is 0.399. The molecule has 3 aromatic carbocycles. The Kier molecular flexibility index (Phi) is 4.81. The number of hydrogen-bond acceptors (Lipinski definition) is 5. The van der Waals surface area contributed by atoms with Crippen molar-refractivity contribution in [2.75, 3.05) is 5.32 Å². The molecule has 8 heteroatoms. The second-order valence-electron chi connectivity index (χ2n) is 6.70. The van der Waals surface area contributed by atoms with Crippen LogP contribution in [0.3, 0.4) is 0 Å². The summed E-state index contributed by atoms with van der Waals surface area (Å²) in [4.78, 5) is 49.1. The minimum absolute atomic E-state index is 0.0320. The highest BCUT2D eigenvalue weighted by Gasteiger charge is 2.34. The highest BCUT2D eigenvalue weighted by molar-refractivity contribution is 6.21. The first-order valence-corrected chi connectivity index (χ1v) is 9.04. The molecule has 1 N–H and O–H groups in total. The lowest BCUT2D eigenvalue weighted by molar-refractivity contribution is -0.384. The van der Waals surface area contributed by atoms with E-state index in [1.54, 1.807) is 54.6 Å². The van der Waals surface area contributed by atoms with E-state index in [0.717, 1.165) is 4.90 Å². The summed E-state index contributed by atoms with van der Waals surface area (Å²) in [6.07, 6.45) is 0. The van der Waals surface area contributed by atoms with Crippen molar-refractivity contribution >= 4 is 29.1 Å². The Morgan fingerprint density at radius 1 is 0.900 bits per heavy atom. The number of nitro groups is 1. The summed E-state index contributed by atoms with van der Waals surface area (Å²) in [7, 11) is 0. The van der Waals surface area contributed by atoms with Crippen molar-refractivity contribution in [1.82, 2.24) is 4.90 Å². The van der Waals surface area contributed by atoms with Gasteiger partial charge in [0.2, 0.25) is 0 Å². The topological polar surface area (TPSA) is 110 Å². The Morgan fingerprint density at radius 2 is 1.57 bits per heavy atom. The third kappa shape index (κ3) is 3.53. The molecule has 0 aromatic heterocycles. The lowest BCUT2D eigenvalue weighted by atomic mass is 10.1. The molecule has 0 radical (unpaired) electrons. The monoisotopic (exact) mass is 401 g/mol. The maximum atomic E-state index is 12.6. The maximum absolute atomic E-state index is 12.6. The Bertz CT molecular complexity index is 1170. The number of imide groups is 1. The Labute approximate surface area is 170 Å². The van der Waals surface area contributed by atoms with Crippen LogP contribution in [0.15, 0.2) is 72.8 Å². The van der Waals surface area contributed by atoms with Crippen molar-refractivity contribution in [3.8, 4) is 0 Å². The van der Waals surface area contributed by atoms with Crippen LogP contribution in [0.5, 0.6) is 0 Å².